The minimum Gasteiger partial charge on any atom is -0.311 e. The molecule has 0 saturated heterocycles. The maximum Gasteiger partial charge on any atom is 0.319 e. The molecule has 0 bridgehead atoms. The Hall–Kier alpha value is 0.630. The van der Waals surface area contributed by atoms with E-state index < -0.39 is 8.25 Å². The SMILES string of the molecule is Br.CCO[PH](=O)OCC. The lowest BCUT2D eigenvalue weighted by atomic mass is 10.9. The van der Waals surface area contributed by atoms with E-state index in [1.807, 2.05) is 0 Å². The summed E-state index contributed by atoms with van der Waals surface area (Å²) in [5.41, 5.74) is 0. The predicted octanol–water partition coefficient (Wildman–Crippen LogP) is 2.03. The van der Waals surface area contributed by atoms with Crippen molar-refractivity contribution < 1.29 is 13.6 Å². The topological polar surface area (TPSA) is 35.5 Å². The number of hydrogen-bond acceptors (Lipinski definition) is 3. The summed E-state index contributed by atoms with van der Waals surface area (Å²) in [4.78, 5) is 0. The molecule has 0 amide bonds. The van der Waals surface area contributed by atoms with Gasteiger partial charge in [0.2, 0.25) is 0 Å². The van der Waals surface area contributed by atoms with Gasteiger partial charge in [-0.05, 0) is 13.8 Å². The van der Waals surface area contributed by atoms with Crippen molar-refractivity contribution in [3.05, 3.63) is 0 Å². The molecule has 0 unspecified atom stereocenters. The first-order valence-corrected chi connectivity index (χ1v) is 3.83. The van der Waals surface area contributed by atoms with Gasteiger partial charge in [0.1, 0.15) is 0 Å². The molecule has 5 heteroatoms. The highest BCUT2D eigenvalue weighted by atomic mass is 79.9. The van der Waals surface area contributed by atoms with Gasteiger partial charge in [-0.15, -0.1) is 17.0 Å². The molecule has 0 atom stereocenters. The van der Waals surface area contributed by atoms with Crippen LogP contribution in [0.5, 0.6) is 0 Å². The lowest BCUT2D eigenvalue weighted by Crippen LogP contribution is -1.81. The van der Waals surface area contributed by atoms with Crippen molar-refractivity contribution in [2.75, 3.05) is 13.2 Å². The molecule has 0 aliphatic heterocycles. The summed E-state index contributed by atoms with van der Waals surface area (Å²) in [6, 6.07) is 0. The molecule has 0 N–H and O–H groups in total. The summed E-state index contributed by atoms with van der Waals surface area (Å²) in [5.74, 6) is 0. The van der Waals surface area contributed by atoms with Gasteiger partial charge in [-0.1, -0.05) is 0 Å². The van der Waals surface area contributed by atoms with Crippen LogP contribution in [0.3, 0.4) is 0 Å². The van der Waals surface area contributed by atoms with Crippen LogP contribution in [0.2, 0.25) is 0 Å². The van der Waals surface area contributed by atoms with Gasteiger partial charge in [0.05, 0.1) is 13.2 Å². The maximum atomic E-state index is 10.4. The Balaban J connectivity index is 0. The van der Waals surface area contributed by atoms with Gasteiger partial charge < -0.3 is 9.05 Å². The van der Waals surface area contributed by atoms with Gasteiger partial charge in [0.25, 0.3) is 0 Å². The fourth-order valence-electron chi connectivity index (χ4n) is 0.277. The highest BCUT2D eigenvalue weighted by molar-refractivity contribution is 8.93. The second-order valence-electron chi connectivity index (χ2n) is 1.12. The predicted molar refractivity (Wildman–Crippen MR) is 42.6 cm³/mol. The van der Waals surface area contributed by atoms with Crippen LogP contribution in [0.15, 0.2) is 0 Å². The van der Waals surface area contributed by atoms with Crippen molar-refractivity contribution in [3.63, 3.8) is 0 Å². The van der Waals surface area contributed by atoms with Crippen LogP contribution in [0.4, 0.5) is 0 Å². The Bertz CT molecular complexity index is 70.2. The van der Waals surface area contributed by atoms with E-state index in [1.165, 1.54) is 0 Å². The highest BCUT2D eigenvalue weighted by Crippen LogP contribution is 2.21. The summed E-state index contributed by atoms with van der Waals surface area (Å²) >= 11 is 0. The molecule has 0 aromatic heterocycles. The summed E-state index contributed by atoms with van der Waals surface area (Å²) in [6.07, 6.45) is 0. The number of halogens is 1. The third-order valence-corrected chi connectivity index (χ3v) is 1.57. The zero-order valence-corrected chi connectivity index (χ0v) is 8.26. The molecule has 0 aliphatic rings. The van der Waals surface area contributed by atoms with Gasteiger partial charge in [-0.25, -0.2) is 0 Å². The Morgan fingerprint density at radius 2 is 1.56 bits per heavy atom. The van der Waals surface area contributed by atoms with Crippen LogP contribution in [-0.2, 0) is 13.6 Å². The number of hydrogen-bond donors (Lipinski definition) is 0. The molecule has 58 valence electrons. The van der Waals surface area contributed by atoms with Crippen molar-refractivity contribution >= 4 is 25.2 Å². The molecule has 0 spiro atoms. The van der Waals surface area contributed by atoms with Gasteiger partial charge >= 0.3 is 8.25 Å². The largest absolute Gasteiger partial charge is 0.319 e. The molecule has 0 aliphatic carbocycles. The average molecular weight is 219 g/mol. The highest BCUT2D eigenvalue weighted by Gasteiger charge is 1.91. The second kappa shape index (κ2) is 8.63. The standard InChI is InChI=1S/C4H11O3P.BrH/c1-3-6-8(5)7-4-2;/h8H,3-4H2,1-2H3;1H. The van der Waals surface area contributed by atoms with Crippen LogP contribution in [0.25, 0.3) is 0 Å². The quantitative estimate of drug-likeness (QED) is 0.678. The van der Waals surface area contributed by atoms with Crippen LogP contribution >= 0.6 is 25.2 Å². The van der Waals surface area contributed by atoms with Crippen LogP contribution in [0, 0.1) is 0 Å². The average Bonchev–Trinajstić information content (AvgIpc) is 1.68. The Labute approximate surface area is 66.5 Å². The fourth-order valence-corrected chi connectivity index (χ4v) is 0.832. The summed E-state index contributed by atoms with van der Waals surface area (Å²) in [5, 5.41) is 0. The molecular formula is C4H12BrO3P. The lowest BCUT2D eigenvalue weighted by molar-refractivity contribution is 0.243. The lowest BCUT2D eigenvalue weighted by Gasteiger charge is -1.97. The molecule has 0 saturated carbocycles. The molecule has 3 nitrogen and oxygen atoms in total. The van der Waals surface area contributed by atoms with Crippen LogP contribution in [-0.4, -0.2) is 13.2 Å². The zero-order valence-electron chi connectivity index (χ0n) is 5.55. The maximum absolute atomic E-state index is 10.4. The van der Waals surface area contributed by atoms with Crippen LogP contribution < -0.4 is 0 Å². The van der Waals surface area contributed by atoms with Crippen LogP contribution in [0.1, 0.15) is 13.8 Å². The van der Waals surface area contributed by atoms with E-state index in [1.54, 1.807) is 13.8 Å². The van der Waals surface area contributed by atoms with Gasteiger partial charge in [0, 0.05) is 0 Å². The minimum absolute atomic E-state index is 0. The van der Waals surface area contributed by atoms with Crippen molar-refractivity contribution in [1.82, 2.24) is 0 Å². The molecule has 0 aromatic carbocycles. The van der Waals surface area contributed by atoms with Crippen molar-refractivity contribution in [1.29, 1.82) is 0 Å². The fraction of sp³-hybridized carbons (Fsp3) is 1.00. The van der Waals surface area contributed by atoms with E-state index in [4.69, 9.17) is 0 Å². The second-order valence-corrected chi connectivity index (χ2v) is 2.19. The third-order valence-electron chi connectivity index (χ3n) is 0.524. The Morgan fingerprint density at radius 3 is 1.78 bits per heavy atom. The molecule has 0 aromatic rings. The zero-order chi connectivity index (χ0) is 6.41. The summed E-state index contributed by atoms with van der Waals surface area (Å²) in [6.45, 7) is 4.47. The van der Waals surface area contributed by atoms with E-state index in [9.17, 15) is 4.57 Å². The van der Waals surface area contributed by atoms with E-state index in [0.717, 1.165) is 0 Å². The van der Waals surface area contributed by atoms with Crippen molar-refractivity contribution in [3.8, 4) is 0 Å². The monoisotopic (exact) mass is 218 g/mol. The first-order chi connectivity index (χ1) is 3.81. The third kappa shape index (κ3) is 8.63. The van der Waals surface area contributed by atoms with E-state index in [2.05, 4.69) is 9.05 Å². The minimum atomic E-state index is -2.14. The summed E-state index contributed by atoms with van der Waals surface area (Å²) in [7, 11) is -2.14. The van der Waals surface area contributed by atoms with Crippen molar-refractivity contribution in [2.24, 2.45) is 0 Å². The van der Waals surface area contributed by atoms with Gasteiger partial charge in [-0.2, -0.15) is 0 Å². The molecular weight excluding hydrogens is 207 g/mol. The first-order valence-electron chi connectivity index (χ1n) is 2.60. The molecule has 0 radical (unpaired) electrons. The molecule has 0 heterocycles. The van der Waals surface area contributed by atoms with E-state index in [0.29, 0.717) is 13.2 Å². The normalized spacial score (nSPS) is 9.22. The Morgan fingerprint density at radius 1 is 1.22 bits per heavy atom. The smallest absolute Gasteiger partial charge is 0.311 e. The molecule has 0 fully saturated rings. The molecule has 9 heavy (non-hydrogen) atoms. The van der Waals surface area contributed by atoms with E-state index in [-0.39, 0.29) is 17.0 Å². The Kier molecular flexibility index (Phi) is 11.8. The first kappa shape index (κ1) is 12.3. The van der Waals surface area contributed by atoms with Gasteiger partial charge in [0.15, 0.2) is 0 Å². The van der Waals surface area contributed by atoms with Gasteiger partial charge in [-0.3, -0.25) is 4.57 Å². The molecule has 0 rings (SSSR count). The van der Waals surface area contributed by atoms with E-state index >= 15 is 0 Å². The summed E-state index contributed by atoms with van der Waals surface area (Å²) < 4.78 is 19.6. The van der Waals surface area contributed by atoms with Crippen molar-refractivity contribution in [2.45, 2.75) is 13.8 Å². The number of rotatable bonds is 4.